The van der Waals surface area contributed by atoms with Gasteiger partial charge in [0.15, 0.2) is 5.82 Å². The second-order valence-electron chi connectivity index (χ2n) is 5.90. The molecule has 2 heterocycles. The van der Waals surface area contributed by atoms with Gasteiger partial charge >= 0.3 is 11.7 Å². The lowest BCUT2D eigenvalue weighted by molar-refractivity contribution is -0.137. The smallest absolute Gasteiger partial charge is 0.438 e. The number of aryl methyl sites for hydroxylation is 1. The van der Waals surface area contributed by atoms with E-state index in [0.717, 1.165) is 17.5 Å². The van der Waals surface area contributed by atoms with Crippen LogP contribution < -0.4 is 4.74 Å². The highest BCUT2D eigenvalue weighted by atomic mass is 32.2. The van der Waals surface area contributed by atoms with Crippen LogP contribution >= 0.6 is 11.3 Å². The molecule has 0 aliphatic heterocycles. The van der Waals surface area contributed by atoms with Gasteiger partial charge in [-0.15, -0.1) is 11.3 Å². The zero-order valence-corrected chi connectivity index (χ0v) is 16.4. The van der Waals surface area contributed by atoms with Crippen molar-refractivity contribution in [2.45, 2.75) is 22.8 Å². The number of sulfone groups is 1. The molecule has 0 saturated carbocycles. The Morgan fingerprint density at radius 3 is 2.17 bits per heavy atom. The summed E-state index contributed by atoms with van der Waals surface area (Å²) in [6.45, 7) is 1.55. The van der Waals surface area contributed by atoms with Crippen LogP contribution in [0.1, 0.15) is 11.3 Å². The molecule has 0 amide bonds. The van der Waals surface area contributed by atoms with Crippen molar-refractivity contribution in [3.05, 3.63) is 53.0 Å². The summed E-state index contributed by atoms with van der Waals surface area (Å²) in [6, 6.07) is 6.09. The zero-order chi connectivity index (χ0) is 22.3. The molecule has 5 nitrogen and oxygen atoms in total. The summed E-state index contributed by atoms with van der Waals surface area (Å²) in [5, 5.41) is 1.06. The van der Waals surface area contributed by atoms with Crippen molar-refractivity contribution in [1.29, 1.82) is 0 Å². The molecular formula is C17H10F6N2O3S2. The van der Waals surface area contributed by atoms with E-state index in [4.69, 9.17) is 4.74 Å². The van der Waals surface area contributed by atoms with Crippen LogP contribution in [0.4, 0.5) is 26.3 Å². The van der Waals surface area contributed by atoms with Gasteiger partial charge in [-0.2, -0.15) is 31.3 Å². The molecule has 0 unspecified atom stereocenters. The Morgan fingerprint density at radius 1 is 0.967 bits per heavy atom. The highest BCUT2D eigenvalue weighted by Crippen LogP contribution is 2.37. The van der Waals surface area contributed by atoms with E-state index in [2.05, 4.69) is 9.97 Å². The molecule has 0 aliphatic rings. The fraction of sp³-hybridized carbons (Fsp3) is 0.176. The summed E-state index contributed by atoms with van der Waals surface area (Å²) >= 11 is 0.328. The number of hydrogen-bond acceptors (Lipinski definition) is 6. The number of hydrogen-bond donors (Lipinski definition) is 0. The maximum absolute atomic E-state index is 12.7. The first-order valence-corrected chi connectivity index (χ1v) is 10.2. The van der Waals surface area contributed by atoms with Crippen molar-refractivity contribution in [2.75, 3.05) is 0 Å². The Kier molecular flexibility index (Phi) is 5.54. The third kappa shape index (κ3) is 4.56. The molecule has 13 heteroatoms. The number of benzene rings is 1. The first-order valence-electron chi connectivity index (χ1n) is 7.88. The molecule has 1 aromatic carbocycles. The molecule has 0 N–H and O–H groups in total. The topological polar surface area (TPSA) is 69.2 Å². The molecule has 0 fully saturated rings. The minimum absolute atomic E-state index is 0.0251. The Morgan fingerprint density at radius 2 is 1.60 bits per heavy atom. The monoisotopic (exact) mass is 468 g/mol. The van der Waals surface area contributed by atoms with Crippen molar-refractivity contribution in [2.24, 2.45) is 0 Å². The third-order valence-corrected chi connectivity index (χ3v) is 6.55. The second-order valence-corrected chi connectivity index (χ2v) is 8.98. The molecule has 30 heavy (non-hydrogen) atoms. The van der Waals surface area contributed by atoms with Gasteiger partial charge in [0.05, 0.1) is 5.56 Å². The standard InChI is InChI=1S/C17H10F6N2O3S2/c1-9-6-13(28-12-7-14(29-8-12)30(26,27)17(21,22)23)25-15(24-9)10-2-4-11(5-3-10)16(18,19)20/h2-8H,1H3. The van der Waals surface area contributed by atoms with Gasteiger partial charge in [-0.3, -0.25) is 0 Å². The molecule has 3 aromatic rings. The minimum atomic E-state index is -5.51. The van der Waals surface area contributed by atoms with Crippen molar-refractivity contribution in [3.8, 4) is 23.0 Å². The van der Waals surface area contributed by atoms with E-state index in [0.29, 0.717) is 23.1 Å². The maximum atomic E-state index is 12.7. The van der Waals surface area contributed by atoms with Crippen LogP contribution in [-0.4, -0.2) is 23.9 Å². The van der Waals surface area contributed by atoms with Crippen LogP contribution in [0.3, 0.4) is 0 Å². The fourth-order valence-corrected chi connectivity index (χ4v) is 4.23. The Balaban J connectivity index is 1.88. The average molecular weight is 468 g/mol. The lowest BCUT2D eigenvalue weighted by Crippen LogP contribution is -2.22. The highest BCUT2D eigenvalue weighted by Gasteiger charge is 2.47. The Hall–Kier alpha value is -2.67. The SMILES string of the molecule is Cc1cc(Oc2csc(S(=O)(=O)C(F)(F)F)c2)nc(-c2ccc(C(F)(F)F)cc2)n1. The van der Waals surface area contributed by atoms with Crippen LogP contribution in [0.25, 0.3) is 11.4 Å². The highest BCUT2D eigenvalue weighted by molar-refractivity contribution is 7.94. The van der Waals surface area contributed by atoms with Crippen molar-refractivity contribution < 1.29 is 39.5 Å². The molecule has 0 bridgehead atoms. The van der Waals surface area contributed by atoms with E-state index in [1.54, 1.807) is 6.92 Å². The summed E-state index contributed by atoms with van der Waals surface area (Å²) in [7, 11) is -5.51. The molecule has 160 valence electrons. The summed E-state index contributed by atoms with van der Waals surface area (Å²) in [5.74, 6) is -0.289. The van der Waals surface area contributed by atoms with Crippen LogP contribution in [0.15, 0.2) is 46.0 Å². The van der Waals surface area contributed by atoms with Crippen LogP contribution in [0.2, 0.25) is 0 Å². The fourth-order valence-electron chi connectivity index (χ4n) is 2.26. The number of halogens is 6. The lowest BCUT2D eigenvalue weighted by Gasteiger charge is -2.09. The number of ether oxygens (including phenoxy) is 1. The van der Waals surface area contributed by atoms with E-state index in [-0.39, 0.29) is 23.0 Å². The molecular weight excluding hydrogens is 458 g/mol. The van der Waals surface area contributed by atoms with E-state index < -0.39 is 31.3 Å². The van der Waals surface area contributed by atoms with Crippen LogP contribution in [0.5, 0.6) is 11.6 Å². The molecule has 0 aliphatic carbocycles. The number of rotatable bonds is 4. The van der Waals surface area contributed by atoms with Crippen molar-refractivity contribution in [1.82, 2.24) is 9.97 Å². The van der Waals surface area contributed by atoms with Crippen LogP contribution in [0, 0.1) is 6.92 Å². The molecule has 0 atom stereocenters. The van der Waals surface area contributed by atoms with E-state index in [1.807, 2.05) is 0 Å². The summed E-state index contributed by atoms with van der Waals surface area (Å²) in [6.07, 6.45) is -4.51. The van der Waals surface area contributed by atoms with Gasteiger partial charge in [0.1, 0.15) is 9.96 Å². The summed E-state index contributed by atoms with van der Waals surface area (Å²) in [4.78, 5) is 8.13. The van der Waals surface area contributed by atoms with Gasteiger partial charge in [0.2, 0.25) is 5.88 Å². The minimum Gasteiger partial charge on any atom is -0.438 e. The lowest BCUT2D eigenvalue weighted by atomic mass is 10.1. The average Bonchev–Trinajstić information content (AvgIpc) is 3.09. The van der Waals surface area contributed by atoms with E-state index in [1.165, 1.54) is 18.2 Å². The van der Waals surface area contributed by atoms with Gasteiger partial charge in [0.25, 0.3) is 9.84 Å². The zero-order valence-electron chi connectivity index (χ0n) is 14.7. The van der Waals surface area contributed by atoms with Gasteiger partial charge in [0, 0.05) is 28.8 Å². The molecule has 3 rings (SSSR count). The number of alkyl halides is 6. The van der Waals surface area contributed by atoms with Gasteiger partial charge in [-0.25, -0.2) is 13.4 Å². The van der Waals surface area contributed by atoms with Crippen molar-refractivity contribution in [3.63, 3.8) is 0 Å². The first-order chi connectivity index (χ1) is 13.8. The summed E-state index contributed by atoms with van der Waals surface area (Å²) in [5.41, 5.74) is -5.68. The number of aromatic nitrogens is 2. The molecule has 0 radical (unpaired) electrons. The van der Waals surface area contributed by atoms with Gasteiger partial charge in [-0.05, 0) is 19.1 Å². The van der Waals surface area contributed by atoms with Crippen LogP contribution in [-0.2, 0) is 16.0 Å². The Bertz CT molecular complexity index is 1170. The molecule has 0 spiro atoms. The van der Waals surface area contributed by atoms with Gasteiger partial charge < -0.3 is 4.74 Å². The number of thiophene rings is 1. The van der Waals surface area contributed by atoms with E-state index >= 15 is 0 Å². The molecule has 2 aromatic heterocycles. The Labute approximate surface area is 169 Å². The summed E-state index contributed by atoms with van der Waals surface area (Å²) < 4.78 is 103. The molecule has 0 saturated heterocycles. The normalized spacial score (nSPS) is 12.8. The quantitative estimate of drug-likeness (QED) is 0.465. The predicted octanol–water partition coefficient (Wildman–Crippen LogP) is 5.62. The van der Waals surface area contributed by atoms with Gasteiger partial charge in [-0.1, -0.05) is 12.1 Å². The predicted molar refractivity (Wildman–Crippen MR) is 94.8 cm³/mol. The van der Waals surface area contributed by atoms with Crippen molar-refractivity contribution >= 4 is 21.2 Å². The largest absolute Gasteiger partial charge is 0.502 e. The van der Waals surface area contributed by atoms with E-state index in [9.17, 15) is 34.8 Å². The third-order valence-electron chi connectivity index (χ3n) is 3.64. The number of nitrogens with zero attached hydrogens (tertiary/aromatic N) is 2. The second kappa shape index (κ2) is 7.54. The first kappa shape index (κ1) is 22.0. The maximum Gasteiger partial charge on any atom is 0.502 e.